The number of benzene rings is 2. The summed E-state index contributed by atoms with van der Waals surface area (Å²) in [6.45, 7) is 10.9. The molecule has 0 radical (unpaired) electrons. The molecule has 0 saturated carbocycles. The van der Waals surface area contributed by atoms with Gasteiger partial charge in [-0.05, 0) is 48.9 Å². The van der Waals surface area contributed by atoms with Crippen molar-refractivity contribution < 1.29 is 9.53 Å². The summed E-state index contributed by atoms with van der Waals surface area (Å²) in [5.74, 6) is 1.17. The third kappa shape index (κ3) is 5.13. The van der Waals surface area contributed by atoms with Crippen LogP contribution in [0.25, 0.3) is 0 Å². The molecule has 1 aliphatic rings. The molecule has 2 unspecified atom stereocenters. The lowest BCUT2D eigenvalue weighted by Crippen LogP contribution is -2.53. The first-order chi connectivity index (χ1) is 14.4. The Labute approximate surface area is 182 Å². The van der Waals surface area contributed by atoms with Crippen molar-refractivity contribution in [3.8, 4) is 5.75 Å². The number of hydrogen-bond acceptors (Lipinski definition) is 3. The second kappa shape index (κ2) is 9.78. The molecule has 30 heavy (non-hydrogen) atoms. The second-order valence-corrected chi connectivity index (χ2v) is 9.66. The number of rotatable bonds is 8. The Hall–Kier alpha value is -2.13. The van der Waals surface area contributed by atoms with Gasteiger partial charge in [-0.15, -0.1) is 0 Å². The lowest BCUT2D eigenvalue weighted by molar-refractivity contribution is 0.0869. The molecule has 3 nitrogen and oxygen atoms in total. The number of carbonyl (C=O) groups is 1. The number of ether oxygens (including phenoxy) is 1. The van der Waals surface area contributed by atoms with E-state index in [9.17, 15) is 4.79 Å². The van der Waals surface area contributed by atoms with E-state index in [0.717, 1.165) is 50.1 Å². The number of Topliss-reactive ketones (excluding diaryl/α,β-unsaturated/α-hetero) is 1. The van der Waals surface area contributed by atoms with Gasteiger partial charge in [-0.25, -0.2) is 0 Å². The van der Waals surface area contributed by atoms with E-state index in [-0.39, 0.29) is 22.7 Å². The number of nitrogens with one attached hydrogen (secondary N) is 1. The summed E-state index contributed by atoms with van der Waals surface area (Å²) in [4.78, 5) is 12.8. The van der Waals surface area contributed by atoms with Crippen LogP contribution >= 0.6 is 0 Å². The molecule has 1 heterocycles. The van der Waals surface area contributed by atoms with Crippen LogP contribution in [-0.2, 0) is 5.41 Å². The molecule has 2 aromatic rings. The molecule has 0 bridgehead atoms. The van der Waals surface area contributed by atoms with Crippen LogP contribution in [-0.4, -0.2) is 25.0 Å². The zero-order valence-corrected chi connectivity index (χ0v) is 19.0. The molecular formula is C27H37NO2. The molecule has 2 atom stereocenters. The van der Waals surface area contributed by atoms with Gasteiger partial charge in [0.15, 0.2) is 5.78 Å². The molecule has 1 fully saturated rings. The topological polar surface area (TPSA) is 38.3 Å². The minimum Gasteiger partial charge on any atom is -0.494 e. The molecule has 3 heteroatoms. The van der Waals surface area contributed by atoms with Gasteiger partial charge in [-0.3, -0.25) is 4.79 Å². The lowest BCUT2D eigenvalue weighted by Gasteiger charge is -2.50. The highest BCUT2D eigenvalue weighted by Crippen LogP contribution is 2.49. The van der Waals surface area contributed by atoms with Crippen molar-refractivity contribution in [1.29, 1.82) is 0 Å². The number of piperidine rings is 1. The lowest BCUT2D eigenvalue weighted by atomic mass is 9.56. The average Bonchev–Trinajstić information content (AvgIpc) is 2.74. The normalized spacial score (nSPS) is 21.9. The Morgan fingerprint density at radius 3 is 2.43 bits per heavy atom. The largest absolute Gasteiger partial charge is 0.494 e. The highest BCUT2D eigenvalue weighted by atomic mass is 16.5. The fourth-order valence-corrected chi connectivity index (χ4v) is 4.78. The summed E-state index contributed by atoms with van der Waals surface area (Å²) in [6, 6.07) is 18.6. The van der Waals surface area contributed by atoms with E-state index in [1.807, 2.05) is 30.3 Å². The van der Waals surface area contributed by atoms with Crippen LogP contribution < -0.4 is 10.1 Å². The predicted octanol–water partition coefficient (Wildman–Crippen LogP) is 6.17. The van der Waals surface area contributed by atoms with Crippen LogP contribution in [0, 0.1) is 5.41 Å². The number of unbranched alkanes of at least 4 members (excludes halogenated alkanes) is 1. The van der Waals surface area contributed by atoms with E-state index in [1.54, 1.807) is 0 Å². The van der Waals surface area contributed by atoms with Crippen LogP contribution in [0.4, 0.5) is 0 Å². The van der Waals surface area contributed by atoms with E-state index < -0.39 is 0 Å². The Morgan fingerprint density at radius 2 is 1.80 bits per heavy atom. The summed E-state index contributed by atoms with van der Waals surface area (Å²) in [7, 11) is 0. The van der Waals surface area contributed by atoms with Crippen molar-refractivity contribution >= 4 is 5.78 Å². The van der Waals surface area contributed by atoms with Gasteiger partial charge in [0.2, 0.25) is 0 Å². The number of carbonyl (C=O) groups excluding carboxylic acids is 1. The Bertz CT molecular complexity index is 807. The van der Waals surface area contributed by atoms with E-state index in [0.29, 0.717) is 6.42 Å². The summed E-state index contributed by atoms with van der Waals surface area (Å²) in [5, 5.41) is 3.62. The maximum Gasteiger partial charge on any atom is 0.164 e. The minimum atomic E-state index is 0.0296. The summed E-state index contributed by atoms with van der Waals surface area (Å²) >= 11 is 0. The number of ketones is 1. The van der Waals surface area contributed by atoms with Gasteiger partial charge in [0.25, 0.3) is 0 Å². The maximum atomic E-state index is 12.8. The van der Waals surface area contributed by atoms with Crippen molar-refractivity contribution in [3.05, 3.63) is 65.7 Å². The predicted molar refractivity (Wildman–Crippen MR) is 124 cm³/mol. The maximum absolute atomic E-state index is 12.8. The molecular weight excluding hydrogens is 370 g/mol. The zero-order chi connectivity index (χ0) is 21.6. The molecule has 1 N–H and O–H groups in total. The summed E-state index contributed by atoms with van der Waals surface area (Å²) < 4.78 is 5.87. The molecule has 0 spiro atoms. The Balaban J connectivity index is 1.78. The van der Waals surface area contributed by atoms with Gasteiger partial charge in [0, 0.05) is 23.4 Å². The quantitative estimate of drug-likeness (QED) is 0.420. The molecule has 0 aromatic heterocycles. The summed E-state index contributed by atoms with van der Waals surface area (Å²) in [5.41, 5.74) is 2.28. The average molecular weight is 408 g/mol. The standard InChI is InChI=1S/C27H37NO2/c1-5-6-18-30-24-14-12-22(13-15-24)27(26(2,3)4)16-17-28-23(20-27)19-25(29)21-10-8-7-9-11-21/h7-15,23,28H,5-6,16-20H2,1-4H3. The number of hydrogen-bond donors (Lipinski definition) is 1. The Kier molecular flexibility index (Phi) is 7.36. The highest BCUT2D eigenvalue weighted by molar-refractivity contribution is 5.96. The van der Waals surface area contributed by atoms with Crippen LogP contribution in [0.3, 0.4) is 0 Å². The molecule has 1 aliphatic heterocycles. The minimum absolute atomic E-state index is 0.0296. The van der Waals surface area contributed by atoms with Gasteiger partial charge in [-0.2, -0.15) is 0 Å². The molecule has 0 amide bonds. The fourth-order valence-electron chi connectivity index (χ4n) is 4.78. The summed E-state index contributed by atoms with van der Waals surface area (Å²) in [6.07, 6.45) is 4.80. The third-order valence-electron chi connectivity index (χ3n) is 6.72. The van der Waals surface area contributed by atoms with Crippen molar-refractivity contribution in [2.75, 3.05) is 13.2 Å². The fraction of sp³-hybridized carbons (Fsp3) is 0.519. The van der Waals surface area contributed by atoms with Crippen molar-refractivity contribution in [2.24, 2.45) is 5.41 Å². The smallest absolute Gasteiger partial charge is 0.164 e. The van der Waals surface area contributed by atoms with Crippen LogP contribution in [0.2, 0.25) is 0 Å². The molecule has 1 saturated heterocycles. The van der Waals surface area contributed by atoms with Gasteiger partial charge < -0.3 is 10.1 Å². The first-order valence-electron chi connectivity index (χ1n) is 11.4. The first kappa shape index (κ1) is 22.6. The van der Waals surface area contributed by atoms with E-state index in [1.165, 1.54) is 5.56 Å². The van der Waals surface area contributed by atoms with E-state index in [2.05, 4.69) is 57.3 Å². The van der Waals surface area contributed by atoms with Crippen molar-refractivity contribution in [2.45, 2.75) is 71.3 Å². The SMILES string of the molecule is CCCCOc1ccc(C2(C(C)(C)C)CCNC(CC(=O)c3ccccc3)C2)cc1. The van der Waals surface area contributed by atoms with E-state index >= 15 is 0 Å². The Morgan fingerprint density at radius 1 is 1.10 bits per heavy atom. The van der Waals surface area contributed by atoms with Gasteiger partial charge in [0.05, 0.1) is 6.61 Å². The van der Waals surface area contributed by atoms with Crippen molar-refractivity contribution in [1.82, 2.24) is 5.32 Å². The molecule has 2 aromatic carbocycles. The highest BCUT2D eigenvalue weighted by Gasteiger charge is 2.46. The van der Waals surface area contributed by atoms with E-state index in [4.69, 9.17) is 4.74 Å². The van der Waals surface area contributed by atoms with Crippen molar-refractivity contribution in [3.63, 3.8) is 0 Å². The molecule has 162 valence electrons. The van der Waals surface area contributed by atoms with Gasteiger partial charge in [0.1, 0.15) is 5.75 Å². The zero-order valence-electron chi connectivity index (χ0n) is 19.0. The van der Waals surface area contributed by atoms with Crippen LogP contribution in [0.5, 0.6) is 5.75 Å². The van der Waals surface area contributed by atoms with Crippen LogP contribution in [0.1, 0.15) is 75.7 Å². The molecule has 0 aliphatic carbocycles. The van der Waals surface area contributed by atoms with Crippen LogP contribution in [0.15, 0.2) is 54.6 Å². The third-order valence-corrected chi connectivity index (χ3v) is 6.72. The van der Waals surface area contributed by atoms with Gasteiger partial charge in [-0.1, -0.05) is 76.6 Å². The molecule has 3 rings (SSSR count). The monoisotopic (exact) mass is 407 g/mol. The second-order valence-electron chi connectivity index (χ2n) is 9.66. The van der Waals surface area contributed by atoms with Gasteiger partial charge >= 0.3 is 0 Å². The first-order valence-corrected chi connectivity index (χ1v) is 11.4.